The molecule has 0 aliphatic carbocycles. The fourth-order valence-corrected chi connectivity index (χ4v) is 3.78. The van der Waals surface area contributed by atoms with Crippen LogP contribution in [0.25, 0.3) is 0 Å². The van der Waals surface area contributed by atoms with Gasteiger partial charge in [0.15, 0.2) is 9.84 Å². The molecule has 1 unspecified atom stereocenters. The van der Waals surface area contributed by atoms with Crippen LogP contribution in [0.1, 0.15) is 26.7 Å². The highest BCUT2D eigenvalue weighted by Crippen LogP contribution is 2.17. The zero-order chi connectivity index (χ0) is 12.9. The van der Waals surface area contributed by atoms with Gasteiger partial charge in [-0.2, -0.15) is 0 Å². The Morgan fingerprint density at radius 2 is 2.12 bits per heavy atom. The van der Waals surface area contributed by atoms with Gasteiger partial charge in [0, 0.05) is 19.2 Å². The van der Waals surface area contributed by atoms with Crippen LogP contribution in [0.5, 0.6) is 0 Å². The smallest absolute Gasteiger partial charge is 0.248 e. The van der Waals surface area contributed by atoms with E-state index < -0.39 is 9.84 Å². The van der Waals surface area contributed by atoms with Crippen LogP contribution in [0.3, 0.4) is 0 Å². The summed E-state index contributed by atoms with van der Waals surface area (Å²) in [5, 5.41) is 0. The summed E-state index contributed by atoms with van der Waals surface area (Å²) in [6.45, 7) is 4.99. The molecule has 0 aromatic carbocycles. The normalized spacial score (nSPS) is 22.6. The van der Waals surface area contributed by atoms with Crippen molar-refractivity contribution in [3.63, 3.8) is 0 Å². The number of ether oxygens (including phenoxy) is 1. The largest absolute Gasteiger partial charge is 0.372 e. The summed E-state index contributed by atoms with van der Waals surface area (Å²) in [5.41, 5.74) is 0. The van der Waals surface area contributed by atoms with Crippen LogP contribution in [0.2, 0.25) is 0 Å². The molecule has 1 aliphatic heterocycles. The molecule has 0 bridgehead atoms. The second-order valence-corrected chi connectivity index (χ2v) is 6.52. The van der Waals surface area contributed by atoms with E-state index in [0.717, 1.165) is 6.42 Å². The maximum absolute atomic E-state index is 11.9. The minimum Gasteiger partial charge on any atom is -0.372 e. The molecule has 1 fully saturated rings. The van der Waals surface area contributed by atoms with Gasteiger partial charge in [-0.3, -0.25) is 4.79 Å². The number of rotatable bonds is 6. The zero-order valence-electron chi connectivity index (χ0n) is 10.5. The van der Waals surface area contributed by atoms with E-state index in [1.54, 1.807) is 4.90 Å². The number of carbonyl (C=O) groups is 1. The van der Waals surface area contributed by atoms with Crippen molar-refractivity contribution in [2.45, 2.75) is 32.7 Å². The molecule has 0 spiro atoms. The highest BCUT2D eigenvalue weighted by atomic mass is 32.2. The van der Waals surface area contributed by atoms with Crippen molar-refractivity contribution >= 4 is 15.7 Å². The maximum Gasteiger partial charge on any atom is 0.248 e. The summed E-state index contributed by atoms with van der Waals surface area (Å²) in [6, 6.07) is -0.164. The van der Waals surface area contributed by atoms with Gasteiger partial charge < -0.3 is 9.64 Å². The van der Waals surface area contributed by atoms with E-state index in [0.29, 0.717) is 19.6 Å². The van der Waals surface area contributed by atoms with E-state index in [9.17, 15) is 13.2 Å². The van der Waals surface area contributed by atoms with Gasteiger partial charge in [-0.05, 0) is 19.8 Å². The number of nitrogens with zero attached hydrogens (tertiary/aromatic N) is 1. The Morgan fingerprint density at radius 3 is 2.59 bits per heavy atom. The number of hydrogen-bond acceptors (Lipinski definition) is 4. The Labute approximate surface area is 103 Å². The quantitative estimate of drug-likeness (QED) is 0.653. The van der Waals surface area contributed by atoms with Crippen molar-refractivity contribution in [1.29, 1.82) is 0 Å². The van der Waals surface area contributed by atoms with Gasteiger partial charge in [0.25, 0.3) is 0 Å². The molecule has 0 radical (unpaired) electrons. The minimum atomic E-state index is -2.94. The van der Waals surface area contributed by atoms with Crippen molar-refractivity contribution < 1.29 is 17.9 Å². The number of carbonyl (C=O) groups excluding carboxylic acids is 1. The lowest BCUT2D eigenvalue weighted by Crippen LogP contribution is -2.42. The number of sulfone groups is 1. The highest BCUT2D eigenvalue weighted by Gasteiger charge is 2.33. The Hall–Kier alpha value is -0.620. The Morgan fingerprint density at radius 1 is 1.41 bits per heavy atom. The summed E-state index contributed by atoms with van der Waals surface area (Å²) in [4.78, 5) is 13.5. The van der Waals surface area contributed by atoms with Gasteiger partial charge >= 0.3 is 0 Å². The first-order valence-corrected chi connectivity index (χ1v) is 7.90. The first-order chi connectivity index (χ1) is 8.00. The molecule has 0 aromatic heterocycles. The van der Waals surface area contributed by atoms with Crippen LogP contribution in [0, 0.1) is 0 Å². The molecule has 0 saturated carbocycles. The van der Waals surface area contributed by atoms with Gasteiger partial charge in [0.05, 0.1) is 11.5 Å². The fourth-order valence-electron chi connectivity index (χ4n) is 2.05. The third-order valence-electron chi connectivity index (χ3n) is 2.88. The zero-order valence-corrected chi connectivity index (χ0v) is 11.3. The topological polar surface area (TPSA) is 63.7 Å². The summed E-state index contributed by atoms with van der Waals surface area (Å²) in [6.07, 6.45) is 1.42. The predicted octanol–water partition coefficient (Wildman–Crippen LogP) is 0.449. The SMILES string of the molecule is CCCOCC(=O)N(CC)C1CCS(=O)(=O)C1. The van der Waals surface area contributed by atoms with Gasteiger partial charge in [0.2, 0.25) is 5.91 Å². The monoisotopic (exact) mass is 263 g/mol. The molecule has 1 aliphatic rings. The molecule has 1 amide bonds. The van der Waals surface area contributed by atoms with Crippen molar-refractivity contribution in [3.05, 3.63) is 0 Å². The van der Waals surface area contributed by atoms with Crippen molar-refractivity contribution in [1.82, 2.24) is 4.90 Å². The number of hydrogen-bond donors (Lipinski definition) is 0. The second kappa shape index (κ2) is 6.35. The van der Waals surface area contributed by atoms with E-state index in [1.807, 2.05) is 13.8 Å². The molecule has 6 heteroatoms. The predicted molar refractivity (Wildman–Crippen MR) is 65.6 cm³/mol. The molecule has 1 rings (SSSR count). The molecule has 0 N–H and O–H groups in total. The summed E-state index contributed by atoms with van der Waals surface area (Å²) in [7, 11) is -2.94. The molecular weight excluding hydrogens is 242 g/mol. The Kier molecular flexibility index (Phi) is 5.39. The van der Waals surface area contributed by atoms with E-state index in [4.69, 9.17) is 4.74 Å². The summed E-state index contributed by atoms with van der Waals surface area (Å²) < 4.78 is 27.9. The lowest BCUT2D eigenvalue weighted by Gasteiger charge is -2.26. The van der Waals surface area contributed by atoms with E-state index in [1.165, 1.54) is 0 Å². The molecule has 17 heavy (non-hydrogen) atoms. The van der Waals surface area contributed by atoms with E-state index >= 15 is 0 Å². The molecule has 0 aromatic rings. The van der Waals surface area contributed by atoms with Gasteiger partial charge in [0.1, 0.15) is 6.61 Å². The van der Waals surface area contributed by atoms with Gasteiger partial charge in [-0.25, -0.2) is 8.42 Å². The van der Waals surface area contributed by atoms with E-state index in [-0.39, 0.29) is 30.1 Å². The lowest BCUT2D eigenvalue weighted by atomic mass is 10.2. The molecule has 100 valence electrons. The number of amides is 1. The van der Waals surface area contributed by atoms with E-state index in [2.05, 4.69) is 0 Å². The molecule has 5 nitrogen and oxygen atoms in total. The third kappa shape index (κ3) is 4.27. The van der Waals surface area contributed by atoms with Crippen LogP contribution < -0.4 is 0 Å². The molecule has 1 atom stereocenters. The van der Waals surface area contributed by atoms with Crippen LogP contribution >= 0.6 is 0 Å². The molecule has 1 heterocycles. The first kappa shape index (κ1) is 14.4. The van der Waals surface area contributed by atoms with Gasteiger partial charge in [-0.15, -0.1) is 0 Å². The first-order valence-electron chi connectivity index (χ1n) is 6.07. The molecular formula is C11H21NO4S. The lowest BCUT2D eigenvalue weighted by molar-refractivity contribution is -0.137. The average Bonchev–Trinajstić information content (AvgIpc) is 2.60. The number of likely N-dealkylation sites (N-methyl/N-ethyl adjacent to an activating group) is 1. The Bertz CT molecular complexity index is 352. The van der Waals surface area contributed by atoms with Crippen LogP contribution in [0.15, 0.2) is 0 Å². The summed E-state index contributed by atoms with van der Waals surface area (Å²) >= 11 is 0. The second-order valence-electron chi connectivity index (χ2n) is 4.29. The van der Waals surface area contributed by atoms with Crippen LogP contribution in [-0.4, -0.2) is 56.5 Å². The van der Waals surface area contributed by atoms with Gasteiger partial charge in [-0.1, -0.05) is 6.92 Å². The minimum absolute atomic E-state index is 0.0538. The average molecular weight is 263 g/mol. The van der Waals surface area contributed by atoms with Crippen molar-refractivity contribution in [3.8, 4) is 0 Å². The van der Waals surface area contributed by atoms with Crippen LogP contribution in [-0.2, 0) is 19.4 Å². The van der Waals surface area contributed by atoms with Crippen LogP contribution in [0.4, 0.5) is 0 Å². The highest BCUT2D eigenvalue weighted by molar-refractivity contribution is 7.91. The molecule has 1 saturated heterocycles. The van der Waals surface area contributed by atoms with Crippen molar-refractivity contribution in [2.75, 3.05) is 31.3 Å². The van der Waals surface area contributed by atoms with Crippen molar-refractivity contribution in [2.24, 2.45) is 0 Å². The Balaban J connectivity index is 2.50. The fraction of sp³-hybridized carbons (Fsp3) is 0.909. The third-order valence-corrected chi connectivity index (χ3v) is 4.63. The maximum atomic E-state index is 11.9. The summed E-state index contributed by atoms with van der Waals surface area (Å²) in [5.74, 6) is 0.181. The standard InChI is InChI=1S/C11H21NO4S/c1-3-6-16-8-11(13)12(4-2)10-5-7-17(14,15)9-10/h10H,3-9H2,1-2H3.